The van der Waals surface area contributed by atoms with E-state index < -0.39 is 113 Å². The highest BCUT2D eigenvalue weighted by Crippen LogP contribution is 2.53. The number of nitrogens with zero attached hydrogens (tertiary/aromatic N) is 1. The fraction of sp³-hybridized carbons (Fsp3) is 0.557. The van der Waals surface area contributed by atoms with E-state index in [0.717, 1.165) is 0 Å². The highest BCUT2D eigenvalue weighted by molar-refractivity contribution is 6.31. The van der Waals surface area contributed by atoms with Crippen LogP contribution in [0.25, 0.3) is 0 Å². The molecule has 2 aliphatic carbocycles. The predicted molar refractivity (Wildman–Crippen MR) is 300 cm³/mol. The molecule has 1 unspecified atom stereocenters. The zero-order valence-electron chi connectivity index (χ0n) is 48.5. The van der Waals surface area contributed by atoms with Crippen molar-refractivity contribution >= 4 is 58.4 Å². The molecule has 84 heavy (non-hydrogen) atoms. The highest BCUT2D eigenvalue weighted by atomic mass is 16.7. The number of rotatable bonds is 25. The summed E-state index contributed by atoms with van der Waals surface area (Å²) in [5, 5.41) is 47.0. The third-order valence-electron chi connectivity index (χ3n) is 16.2. The second-order valence-electron chi connectivity index (χ2n) is 23.1. The minimum absolute atomic E-state index is 0.0329. The molecule has 454 valence electrons. The van der Waals surface area contributed by atoms with Gasteiger partial charge in [-0.1, -0.05) is 58.0 Å². The number of aliphatic hydroxyl groups is 1. The maximum Gasteiger partial charge on any atom is 0.407 e. The van der Waals surface area contributed by atoms with Gasteiger partial charge in [-0.25, -0.2) is 4.79 Å². The van der Waals surface area contributed by atoms with Crippen LogP contribution in [0.15, 0.2) is 42.5 Å². The van der Waals surface area contributed by atoms with Gasteiger partial charge < -0.3 is 65.0 Å². The molecule has 3 heterocycles. The molecule has 0 spiro atoms. The maximum atomic E-state index is 14.2. The van der Waals surface area contributed by atoms with Gasteiger partial charge in [0, 0.05) is 112 Å². The van der Waals surface area contributed by atoms with Gasteiger partial charge in [0.2, 0.25) is 17.7 Å². The summed E-state index contributed by atoms with van der Waals surface area (Å²) in [6, 6.07) is 10.1. The molecule has 3 aliphatic heterocycles. The number of carbonyl (C=O) groups is 9. The molecule has 4 amide bonds. The van der Waals surface area contributed by atoms with Crippen LogP contribution >= 0.6 is 0 Å². The van der Waals surface area contributed by atoms with E-state index >= 15 is 0 Å². The van der Waals surface area contributed by atoms with Crippen LogP contribution in [0.5, 0.6) is 11.5 Å². The lowest BCUT2D eigenvalue weighted by Gasteiger charge is -2.43. The average molecular weight is 1170 g/mol. The van der Waals surface area contributed by atoms with Gasteiger partial charge in [0.25, 0.3) is 0 Å². The normalized spacial score (nSPS) is 23.8. The number of morpholine rings is 1. The van der Waals surface area contributed by atoms with Gasteiger partial charge in [0.15, 0.2) is 47.7 Å². The Balaban J connectivity index is 0.821. The van der Waals surface area contributed by atoms with Crippen molar-refractivity contribution in [2.75, 3.05) is 38.7 Å². The highest BCUT2D eigenvalue weighted by Gasteiger charge is 2.55. The van der Waals surface area contributed by atoms with E-state index in [9.17, 15) is 58.5 Å². The molecule has 5 aliphatic rings. The number of carbonyl (C=O) groups excluding carboxylic acids is 9. The molecule has 3 fully saturated rings. The smallest absolute Gasteiger partial charge is 0.407 e. The molecule has 3 saturated heterocycles. The number of hydrogen-bond donors (Lipinski definition) is 7. The van der Waals surface area contributed by atoms with Crippen molar-refractivity contribution in [3.8, 4) is 11.5 Å². The van der Waals surface area contributed by atoms with Crippen molar-refractivity contribution in [3.05, 3.63) is 87.0 Å². The van der Waals surface area contributed by atoms with Crippen molar-refractivity contribution in [1.82, 2.24) is 20.9 Å². The molecule has 0 saturated carbocycles. The van der Waals surface area contributed by atoms with Crippen molar-refractivity contribution < 1.29 is 86.9 Å². The van der Waals surface area contributed by atoms with Gasteiger partial charge in [0.1, 0.15) is 29.8 Å². The first kappa shape index (κ1) is 63.0. The third-order valence-corrected chi connectivity index (χ3v) is 16.2. The number of ketones is 5. The lowest BCUT2D eigenvalue weighted by atomic mass is 9.71. The number of ether oxygens (including phenoxy) is 6. The fourth-order valence-corrected chi connectivity index (χ4v) is 11.7. The minimum Gasteiger partial charge on any atom is -0.507 e. The molecule has 3 aromatic rings. The zero-order chi connectivity index (χ0) is 60.7. The first-order valence-electron chi connectivity index (χ1n) is 28.8. The number of benzene rings is 3. The summed E-state index contributed by atoms with van der Waals surface area (Å²) in [6.45, 7) is 11.5. The topological polar surface area (TPSA) is 321 Å². The van der Waals surface area contributed by atoms with E-state index in [4.69, 9.17) is 28.4 Å². The third kappa shape index (κ3) is 14.4. The quantitative estimate of drug-likeness (QED) is 0.0337. The monoisotopic (exact) mass is 1170 g/mol. The van der Waals surface area contributed by atoms with E-state index in [2.05, 4.69) is 26.2 Å². The summed E-state index contributed by atoms with van der Waals surface area (Å²) in [6.07, 6.45) is -5.72. The van der Waals surface area contributed by atoms with Gasteiger partial charge >= 0.3 is 6.09 Å². The molecule has 23 nitrogen and oxygen atoms in total. The Hall–Kier alpha value is -6.99. The Kier molecular flexibility index (Phi) is 20.5. The lowest BCUT2D eigenvalue weighted by Crippen LogP contribution is -2.55. The van der Waals surface area contributed by atoms with Crippen molar-refractivity contribution in [2.24, 2.45) is 11.8 Å². The van der Waals surface area contributed by atoms with Crippen LogP contribution in [0.4, 0.5) is 10.5 Å². The number of phenols is 2. The average Bonchev–Trinajstić information content (AvgIpc) is 1.01. The van der Waals surface area contributed by atoms with Gasteiger partial charge in [-0.3, -0.25) is 43.3 Å². The van der Waals surface area contributed by atoms with Crippen molar-refractivity contribution in [2.45, 2.75) is 174 Å². The number of nitrogens with one attached hydrogen (secondary N) is 4. The van der Waals surface area contributed by atoms with E-state index in [1.54, 1.807) is 57.2 Å². The fourth-order valence-electron chi connectivity index (χ4n) is 11.7. The van der Waals surface area contributed by atoms with Crippen LogP contribution in [0, 0.1) is 18.8 Å². The molecular formula is C61H77N5O18. The Labute approximate surface area is 487 Å². The summed E-state index contributed by atoms with van der Waals surface area (Å²) in [5.74, 6) is -5.12. The SMILES string of the molecule is CO[C@H]1OCCN2C3C[C@H](O[C@H]4C[C@](O)(C(=O)CCCNC(=O)OCc5ccc(NC(=O)CCC(=O)[C@@H](NC(=O)CCC(=O)CNC(=O)CCC(C)C)C(C)C)cc5)Cc5c(O)c6c(c(O)c54)C(=O)c4c(C)cccc4C6=O)O[C@@H](C)[C@H]3O[C@H]12. The van der Waals surface area contributed by atoms with Crippen LogP contribution in [0.2, 0.25) is 0 Å². The largest absolute Gasteiger partial charge is 0.507 e. The predicted octanol–water partition coefficient (Wildman–Crippen LogP) is 5.06. The van der Waals surface area contributed by atoms with Gasteiger partial charge in [0.05, 0.1) is 42.5 Å². The molecule has 0 bridgehead atoms. The second-order valence-corrected chi connectivity index (χ2v) is 23.1. The number of anilines is 1. The van der Waals surface area contributed by atoms with Gasteiger partial charge in [-0.05, 0) is 61.8 Å². The lowest BCUT2D eigenvalue weighted by molar-refractivity contribution is -0.256. The molecule has 23 heteroatoms. The molecule has 0 radical (unpaired) electrons. The van der Waals surface area contributed by atoms with Crippen LogP contribution in [-0.2, 0) is 70.2 Å². The number of Topliss-reactive ketones (excluding diaryl/α,β-unsaturated/α-hetero) is 3. The van der Waals surface area contributed by atoms with E-state index in [-0.39, 0.29) is 122 Å². The standard InChI is InChI=1S/C61H77N5O18/c1-31(2)13-20-44(70)63-29-37(67)18-21-46(72)65-52(32(3)4)41(68)19-22-45(71)64-36-16-14-35(15-17-36)30-81-60(77)62-23-9-12-43(69)61(78)27-39-49(56(76)51-50(54(39)74)53(73)38-11-8-10-33(5)48(38)55(51)75)42(28-61)83-47-26-40-57(34(6)82-47)84-58-59(79-7)80-25-24-66(40)58/h8,10-11,14-17,31-32,34,40,42,47,52,57-59,74,76,78H,9,12-13,18-30H2,1-7H3,(H,62,77)(H,63,70)(H,64,71)(H,65,72)/t34-,40?,42-,47-,52-,57+,58+,59-,61-/m0/s1. The number of alkyl carbamates (subject to hydrolysis) is 1. The number of amides is 4. The Morgan fingerprint density at radius 1 is 0.833 bits per heavy atom. The molecule has 9 atom stereocenters. The molecule has 0 aromatic heterocycles. The second kappa shape index (κ2) is 27.4. The van der Waals surface area contributed by atoms with Gasteiger partial charge in [-0.2, -0.15) is 0 Å². The summed E-state index contributed by atoms with van der Waals surface area (Å²) in [7, 11) is 1.53. The van der Waals surface area contributed by atoms with E-state index in [1.807, 2.05) is 20.8 Å². The van der Waals surface area contributed by atoms with Gasteiger partial charge in [-0.15, -0.1) is 0 Å². The maximum absolute atomic E-state index is 14.2. The minimum atomic E-state index is -2.23. The molecular weight excluding hydrogens is 1090 g/mol. The number of aromatic hydroxyl groups is 2. The zero-order valence-corrected chi connectivity index (χ0v) is 48.5. The molecule has 8 rings (SSSR count). The number of methoxy groups -OCH3 is 1. The van der Waals surface area contributed by atoms with Crippen LogP contribution in [0.3, 0.4) is 0 Å². The summed E-state index contributed by atoms with van der Waals surface area (Å²) in [4.78, 5) is 120. The summed E-state index contributed by atoms with van der Waals surface area (Å²) in [5.41, 5.74) is -1.68. The number of phenolic OH excluding ortho intramolecular Hbond substituents is 2. The Bertz CT molecular complexity index is 3020. The number of hydrogen-bond acceptors (Lipinski definition) is 19. The first-order valence-corrected chi connectivity index (χ1v) is 28.8. The number of aryl methyl sites for hydroxylation is 1. The summed E-state index contributed by atoms with van der Waals surface area (Å²) >= 11 is 0. The van der Waals surface area contributed by atoms with Crippen LogP contribution in [0.1, 0.15) is 159 Å². The van der Waals surface area contributed by atoms with Crippen molar-refractivity contribution in [3.63, 3.8) is 0 Å². The Morgan fingerprint density at radius 2 is 1.56 bits per heavy atom. The van der Waals surface area contributed by atoms with Crippen molar-refractivity contribution in [1.29, 1.82) is 0 Å². The molecule has 7 N–H and O–H groups in total. The number of fused-ring (bicyclic) bond motifs is 6. The Morgan fingerprint density at radius 3 is 2.27 bits per heavy atom. The van der Waals surface area contributed by atoms with Crippen LogP contribution < -0.4 is 21.3 Å². The van der Waals surface area contributed by atoms with Crippen LogP contribution in [-0.4, -0.2) is 155 Å². The molecule has 3 aromatic carbocycles. The summed E-state index contributed by atoms with van der Waals surface area (Å²) < 4.78 is 36.0. The van der Waals surface area contributed by atoms with E-state index in [1.165, 1.54) is 13.2 Å². The first-order chi connectivity index (χ1) is 40.0. The van der Waals surface area contributed by atoms with E-state index in [0.29, 0.717) is 48.7 Å².